The molecule has 0 saturated heterocycles. The van der Waals surface area contributed by atoms with E-state index in [2.05, 4.69) is 0 Å². The zero-order valence-electron chi connectivity index (χ0n) is 9.01. The van der Waals surface area contributed by atoms with Crippen LogP contribution in [0.2, 0.25) is 5.02 Å². The molecule has 0 radical (unpaired) electrons. The van der Waals surface area contributed by atoms with Gasteiger partial charge in [-0.3, -0.25) is 4.79 Å². The van der Waals surface area contributed by atoms with Crippen molar-refractivity contribution in [2.24, 2.45) is 5.92 Å². The third-order valence-electron chi connectivity index (χ3n) is 3.20. The van der Waals surface area contributed by atoms with Crippen LogP contribution in [0.1, 0.15) is 42.5 Å². The van der Waals surface area contributed by atoms with Gasteiger partial charge in [0.05, 0.1) is 5.02 Å². The molecule has 1 aliphatic rings. The van der Waals surface area contributed by atoms with Gasteiger partial charge in [-0.1, -0.05) is 43.4 Å². The van der Waals surface area contributed by atoms with E-state index in [0.29, 0.717) is 17.9 Å². The lowest BCUT2D eigenvalue weighted by molar-refractivity contribution is 0.0962. The van der Waals surface area contributed by atoms with Gasteiger partial charge in [0.15, 0.2) is 5.78 Å². The Morgan fingerprint density at radius 1 is 1.38 bits per heavy atom. The fraction of sp³-hybridized carbons (Fsp3) is 0.462. The lowest BCUT2D eigenvalue weighted by atomic mass is 9.97. The highest BCUT2D eigenvalue weighted by atomic mass is 35.5. The minimum atomic E-state index is -0.515. The van der Waals surface area contributed by atoms with E-state index in [-0.39, 0.29) is 10.8 Å². The summed E-state index contributed by atoms with van der Waals surface area (Å²) in [4.78, 5) is 11.9. The second-order valence-corrected chi connectivity index (χ2v) is 4.76. The molecule has 0 amide bonds. The number of hydrogen-bond donors (Lipinski definition) is 0. The van der Waals surface area contributed by atoms with Crippen LogP contribution >= 0.6 is 11.6 Å². The molecular weight excluding hydrogens is 227 g/mol. The third kappa shape index (κ3) is 2.43. The summed E-state index contributed by atoms with van der Waals surface area (Å²) in [6.45, 7) is 0. The van der Waals surface area contributed by atoms with Crippen molar-refractivity contribution in [3.63, 3.8) is 0 Å². The summed E-state index contributed by atoms with van der Waals surface area (Å²) in [6, 6.07) is 4.40. The Balaban J connectivity index is 2.11. The summed E-state index contributed by atoms with van der Waals surface area (Å²) in [6.07, 6.45) is 5.13. The predicted octanol–water partition coefficient (Wildman–Crippen LogP) is 4.24. The van der Waals surface area contributed by atoms with Crippen LogP contribution in [0, 0.1) is 11.7 Å². The molecule has 0 atom stereocenters. The Kier molecular flexibility index (Phi) is 3.59. The second kappa shape index (κ2) is 4.96. The van der Waals surface area contributed by atoms with Crippen LogP contribution in [0.5, 0.6) is 0 Å². The Morgan fingerprint density at radius 2 is 2.06 bits per heavy atom. The van der Waals surface area contributed by atoms with Crippen LogP contribution in [0.4, 0.5) is 4.39 Å². The van der Waals surface area contributed by atoms with Gasteiger partial charge in [-0.2, -0.15) is 0 Å². The van der Waals surface area contributed by atoms with Crippen LogP contribution in [0.25, 0.3) is 0 Å². The number of rotatable bonds is 3. The highest BCUT2D eigenvalue weighted by molar-refractivity contribution is 6.34. The molecule has 3 heteroatoms. The van der Waals surface area contributed by atoms with Gasteiger partial charge in [-0.05, 0) is 18.1 Å². The fourth-order valence-electron chi connectivity index (χ4n) is 2.31. The first-order valence-corrected chi connectivity index (χ1v) is 6.03. The molecule has 1 aliphatic carbocycles. The molecule has 2 rings (SSSR count). The van der Waals surface area contributed by atoms with Crippen molar-refractivity contribution in [1.82, 2.24) is 0 Å². The molecule has 0 spiro atoms. The monoisotopic (exact) mass is 240 g/mol. The molecule has 1 fully saturated rings. The highest BCUT2D eigenvalue weighted by Gasteiger charge is 2.21. The van der Waals surface area contributed by atoms with Crippen molar-refractivity contribution >= 4 is 17.4 Å². The van der Waals surface area contributed by atoms with E-state index in [4.69, 9.17) is 11.6 Å². The van der Waals surface area contributed by atoms with Crippen molar-refractivity contribution in [3.05, 3.63) is 34.6 Å². The van der Waals surface area contributed by atoms with Crippen molar-refractivity contribution in [3.8, 4) is 0 Å². The number of hydrogen-bond acceptors (Lipinski definition) is 1. The maximum Gasteiger partial charge on any atom is 0.164 e. The molecule has 0 unspecified atom stereocenters. The largest absolute Gasteiger partial charge is 0.294 e. The average molecular weight is 241 g/mol. The van der Waals surface area contributed by atoms with E-state index in [0.717, 1.165) is 12.8 Å². The Bertz CT molecular complexity index is 397. The van der Waals surface area contributed by atoms with E-state index >= 15 is 0 Å². The smallest absolute Gasteiger partial charge is 0.164 e. The number of Topliss-reactive ketones (excluding diaryl/α,β-unsaturated/α-hetero) is 1. The maximum absolute atomic E-state index is 13.2. The SMILES string of the molecule is O=C(CC1CCCC1)c1cccc(F)c1Cl. The fourth-order valence-corrected chi connectivity index (χ4v) is 2.54. The summed E-state index contributed by atoms with van der Waals surface area (Å²) < 4.78 is 13.2. The molecule has 86 valence electrons. The normalized spacial score (nSPS) is 16.6. The first-order chi connectivity index (χ1) is 7.68. The lowest BCUT2D eigenvalue weighted by Crippen LogP contribution is -2.07. The van der Waals surface area contributed by atoms with Crippen LogP contribution in [0.15, 0.2) is 18.2 Å². The number of ketones is 1. The van der Waals surface area contributed by atoms with Crippen molar-refractivity contribution < 1.29 is 9.18 Å². The molecular formula is C13H14ClFO. The van der Waals surface area contributed by atoms with Crippen molar-refractivity contribution in [2.75, 3.05) is 0 Å². The van der Waals surface area contributed by atoms with E-state index in [1.54, 1.807) is 6.07 Å². The first-order valence-electron chi connectivity index (χ1n) is 5.65. The van der Waals surface area contributed by atoms with Gasteiger partial charge in [0.25, 0.3) is 0 Å². The summed E-state index contributed by atoms with van der Waals surface area (Å²) in [5.41, 5.74) is 0.327. The van der Waals surface area contributed by atoms with Crippen LogP contribution < -0.4 is 0 Å². The maximum atomic E-state index is 13.2. The van der Waals surface area contributed by atoms with E-state index in [1.165, 1.54) is 25.0 Å². The molecule has 1 nitrogen and oxygen atoms in total. The van der Waals surface area contributed by atoms with E-state index in [9.17, 15) is 9.18 Å². The summed E-state index contributed by atoms with van der Waals surface area (Å²) in [5.74, 6) is -0.0813. The Labute approximate surface area is 99.6 Å². The van der Waals surface area contributed by atoms with Gasteiger partial charge in [-0.15, -0.1) is 0 Å². The molecule has 1 saturated carbocycles. The standard InChI is InChI=1S/C13H14ClFO/c14-13-10(6-3-7-11(13)15)12(16)8-9-4-1-2-5-9/h3,6-7,9H,1-2,4-5,8H2. The quantitative estimate of drug-likeness (QED) is 0.722. The number of carbonyl (C=O) groups excluding carboxylic acids is 1. The average Bonchev–Trinajstić information content (AvgIpc) is 2.74. The van der Waals surface area contributed by atoms with Gasteiger partial charge in [-0.25, -0.2) is 4.39 Å². The van der Waals surface area contributed by atoms with Gasteiger partial charge < -0.3 is 0 Å². The molecule has 0 bridgehead atoms. The molecule has 0 N–H and O–H groups in total. The summed E-state index contributed by atoms with van der Waals surface area (Å²) >= 11 is 5.78. The van der Waals surface area contributed by atoms with Gasteiger partial charge >= 0.3 is 0 Å². The van der Waals surface area contributed by atoms with Crippen molar-refractivity contribution in [2.45, 2.75) is 32.1 Å². The number of carbonyl (C=O) groups is 1. The predicted molar refractivity (Wildman–Crippen MR) is 62.3 cm³/mol. The molecule has 16 heavy (non-hydrogen) atoms. The van der Waals surface area contributed by atoms with Crippen molar-refractivity contribution in [1.29, 1.82) is 0 Å². The van der Waals surface area contributed by atoms with Crippen LogP contribution in [-0.2, 0) is 0 Å². The van der Waals surface area contributed by atoms with Gasteiger partial charge in [0.1, 0.15) is 5.82 Å². The van der Waals surface area contributed by atoms with Crippen LogP contribution in [-0.4, -0.2) is 5.78 Å². The highest BCUT2D eigenvalue weighted by Crippen LogP contribution is 2.30. The minimum Gasteiger partial charge on any atom is -0.294 e. The second-order valence-electron chi connectivity index (χ2n) is 4.38. The minimum absolute atomic E-state index is 0.0311. The number of benzene rings is 1. The molecule has 1 aromatic carbocycles. The molecule has 0 aliphatic heterocycles. The van der Waals surface area contributed by atoms with E-state index in [1.807, 2.05) is 0 Å². The Hall–Kier alpha value is -0.890. The molecule has 0 aromatic heterocycles. The zero-order valence-corrected chi connectivity index (χ0v) is 9.77. The lowest BCUT2D eigenvalue weighted by Gasteiger charge is -2.08. The zero-order chi connectivity index (χ0) is 11.5. The summed E-state index contributed by atoms with van der Waals surface area (Å²) in [7, 11) is 0. The molecule has 1 aromatic rings. The Morgan fingerprint density at radius 3 is 2.75 bits per heavy atom. The topological polar surface area (TPSA) is 17.1 Å². The third-order valence-corrected chi connectivity index (χ3v) is 3.58. The van der Waals surface area contributed by atoms with E-state index < -0.39 is 5.82 Å². The summed E-state index contributed by atoms with van der Waals surface area (Å²) in [5, 5.41) is -0.0366. The van der Waals surface area contributed by atoms with Crippen LogP contribution in [0.3, 0.4) is 0 Å². The van der Waals surface area contributed by atoms with Gasteiger partial charge in [0.2, 0.25) is 0 Å². The molecule has 0 heterocycles. The number of halogens is 2. The first kappa shape index (κ1) is 11.6. The van der Waals surface area contributed by atoms with Gasteiger partial charge in [0, 0.05) is 12.0 Å².